The fourth-order valence-electron chi connectivity index (χ4n) is 3.33. The molecule has 2 aromatic carbocycles. The fraction of sp³-hybridized carbons (Fsp3) is 0.318. The Labute approximate surface area is 179 Å². The van der Waals surface area contributed by atoms with Crippen molar-refractivity contribution in [1.82, 2.24) is 0 Å². The number of rotatable bonds is 7. The zero-order chi connectivity index (χ0) is 22.7. The first-order chi connectivity index (χ1) is 14.8. The molecular formula is C22H24N2O7. The second-order valence-corrected chi connectivity index (χ2v) is 6.87. The summed E-state index contributed by atoms with van der Waals surface area (Å²) in [5.41, 5.74) is 1.19. The number of benzene rings is 2. The van der Waals surface area contributed by atoms with Gasteiger partial charge in [0.2, 0.25) is 11.7 Å². The van der Waals surface area contributed by atoms with Gasteiger partial charge in [0.15, 0.2) is 23.9 Å². The standard InChI is InChI=1S/C22H24N2O7/c1-12(22(27)23-15-9-18(28-3)21(30-5)19(10-15)29-4)24-16-8-14(13(2)25)6-7-17(16)31-11-20(24)26/h6-10,12H,11H2,1-5H3,(H,23,27). The van der Waals surface area contributed by atoms with Crippen molar-refractivity contribution in [2.24, 2.45) is 0 Å². The van der Waals surface area contributed by atoms with Gasteiger partial charge in [-0.1, -0.05) is 0 Å². The maximum absolute atomic E-state index is 13.0. The Morgan fingerprint density at radius 3 is 2.26 bits per heavy atom. The van der Waals surface area contributed by atoms with Crippen LogP contribution in [-0.4, -0.2) is 51.6 Å². The molecule has 1 heterocycles. The van der Waals surface area contributed by atoms with Crippen LogP contribution in [0.25, 0.3) is 0 Å². The van der Waals surface area contributed by atoms with Crippen LogP contribution in [0.15, 0.2) is 30.3 Å². The number of ether oxygens (including phenoxy) is 4. The minimum absolute atomic E-state index is 0.157. The van der Waals surface area contributed by atoms with E-state index >= 15 is 0 Å². The summed E-state index contributed by atoms with van der Waals surface area (Å²) in [4.78, 5) is 38.7. The Kier molecular flexibility index (Phi) is 6.33. The molecular weight excluding hydrogens is 404 g/mol. The van der Waals surface area contributed by atoms with Crippen molar-refractivity contribution in [3.63, 3.8) is 0 Å². The topological polar surface area (TPSA) is 103 Å². The molecule has 1 unspecified atom stereocenters. The molecule has 0 fully saturated rings. The average Bonchev–Trinajstić information content (AvgIpc) is 2.77. The molecule has 1 aliphatic heterocycles. The van der Waals surface area contributed by atoms with Crippen LogP contribution in [0.4, 0.5) is 11.4 Å². The summed E-state index contributed by atoms with van der Waals surface area (Å²) in [6.45, 7) is 2.83. The lowest BCUT2D eigenvalue weighted by Gasteiger charge is -2.33. The van der Waals surface area contributed by atoms with Crippen LogP contribution in [0, 0.1) is 0 Å². The second-order valence-electron chi connectivity index (χ2n) is 6.87. The number of amides is 2. The van der Waals surface area contributed by atoms with E-state index in [0.717, 1.165) is 0 Å². The predicted molar refractivity (Wildman–Crippen MR) is 114 cm³/mol. The monoisotopic (exact) mass is 428 g/mol. The molecule has 2 aromatic rings. The van der Waals surface area contributed by atoms with E-state index in [9.17, 15) is 14.4 Å². The summed E-state index contributed by atoms with van der Waals surface area (Å²) in [5, 5.41) is 2.77. The molecule has 31 heavy (non-hydrogen) atoms. The number of hydrogen-bond donors (Lipinski definition) is 1. The summed E-state index contributed by atoms with van der Waals surface area (Å²) in [6, 6.07) is 7.10. The molecule has 0 spiro atoms. The summed E-state index contributed by atoms with van der Waals surface area (Å²) in [5.74, 6) is 0.592. The van der Waals surface area contributed by atoms with Crippen LogP contribution < -0.4 is 29.2 Å². The van der Waals surface area contributed by atoms with Crippen LogP contribution in [0.2, 0.25) is 0 Å². The first-order valence-corrected chi connectivity index (χ1v) is 9.51. The van der Waals surface area contributed by atoms with E-state index in [-0.39, 0.29) is 18.3 Å². The summed E-state index contributed by atoms with van der Waals surface area (Å²) in [7, 11) is 4.43. The van der Waals surface area contributed by atoms with Gasteiger partial charge in [-0.25, -0.2) is 0 Å². The van der Waals surface area contributed by atoms with Gasteiger partial charge in [-0.3, -0.25) is 19.3 Å². The highest BCUT2D eigenvalue weighted by Crippen LogP contribution is 2.40. The maximum Gasteiger partial charge on any atom is 0.265 e. The van der Waals surface area contributed by atoms with Gasteiger partial charge in [0.25, 0.3) is 5.91 Å². The molecule has 9 nitrogen and oxygen atoms in total. The summed E-state index contributed by atoms with van der Waals surface area (Å²) < 4.78 is 21.4. The van der Waals surface area contributed by atoms with E-state index in [1.165, 1.54) is 33.2 Å². The van der Waals surface area contributed by atoms with Crippen molar-refractivity contribution in [2.45, 2.75) is 19.9 Å². The average molecular weight is 428 g/mol. The van der Waals surface area contributed by atoms with Crippen LogP contribution >= 0.6 is 0 Å². The molecule has 9 heteroatoms. The van der Waals surface area contributed by atoms with Crippen LogP contribution in [0.5, 0.6) is 23.0 Å². The van der Waals surface area contributed by atoms with Crippen molar-refractivity contribution >= 4 is 29.0 Å². The van der Waals surface area contributed by atoms with Crippen LogP contribution in [0.1, 0.15) is 24.2 Å². The molecule has 1 N–H and O–H groups in total. The Morgan fingerprint density at radius 2 is 1.71 bits per heavy atom. The second kappa shape index (κ2) is 8.95. The van der Waals surface area contributed by atoms with Gasteiger partial charge in [-0.05, 0) is 32.0 Å². The lowest BCUT2D eigenvalue weighted by molar-refractivity contribution is -0.125. The van der Waals surface area contributed by atoms with Crippen molar-refractivity contribution in [3.05, 3.63) is 35.9 Å². The van der Waals surface area contributed by atoms with E-state index in [1.54, 1.807) is 37.3 Å². The summed E-state index contributed by atoms with van der Waals surface area (Å²) >= 11 is 0. The molecule has 0 aliphatic carbocycles. The smallest absolute Gasteiger partial charge is 0.265 e. The minimum Gasteiger partial charge on any atom is -0.493 e. The highest BCUT2D eigenvalue weighted by atomic mass is 16.5. The lowest BCUT2D eigenvalue weighted by Crippen LogP contribution is -2.49. The number of carbonyl (C=O) groups is 3. The molecule has 0 bridgehead atoms. The third-order valence-electron chi connectivity index (χ3n) is 4.94. The Balaban J connectivity index is 1.91. The van der Waals surface area contributed by atoms with Gasteiger partial charge >= 0.3 is 0 Å². The fourth-order valence-corrected chi connectivity index (χ4v) is 3.33. The van der Waals surface area contributed by atoms with Crippen LogP contribution in [0.3, 0.4) is 0 Å². The van der Waals surface area contributed by atoms with Crippen molar-refractivity contribution in [3.8, 4) is 23.0 Å². The van der Waals surface area contributed by atoms with E-state index in [1.807, 2.05) is 0 Å². The molecule has 2 amide bonds. The number of hydrogen-bond acceptors (Lipinski definition) is 7. The highest BCUT2D eigenvalue weighted by molar-refractivity contribution is 6.08. The largest absolute Gasteiger partial charge is 0.493 e. The first-order valence-electron chi connectivity index (χ1n) is 9.51. The Morgan fingerprint density at radius 1 is 1.06 bits per heavy atom. The quantitative estimate of drug-likeness (QED) is 0.676. The zero-order valence-corrected chi connectivity index (χ0v) is 18.0. The zero-order valence-electron chi connectivity index (χ0n) is 18.0. The molecule has 0 saturated heterocycles. The predicted octanol–water partition coefficient (Wildman–Crippen LogP) is 2.67. The van der Waals surface area contributed by atoms with Crippen LogP contribution in [-0.2, 0) is 9.59 Å². The molecule has 0 saturated carbocycles. The normalized spacial score (nSPS) is 13.6. The van der Waals surface area contributed by atoms with Gasteiger partial charge in [0.1, 0.15) is 11.8 Å². The first kappa shape index (κ1) is 21.9. The minimum atomic E-state index is -0.878. The molecule has 3 rings (SSSR count). The van der Waals surface area contributed by atoms with E-state index in [0.29, 0.717) is 39.9 Å². The number of nitrogens with zero attached hydrogens (tertiary/aromatic N) is 1. The van der Waals surface area contributed by atoms with Crippen molar-refractivity contribution in [2.75, 3.05) is 38.2 Å². The number of carbonyl (C=O) groups excluding carboxylic acids is 3. The number of Topliss-reactive ketones (excluding diaryl/α,β-unsaturated/α-hetero) is 1. The van der Waals surface area contributed by atoms with E-state index < -0.39 is 11.9 Å². The molecule has 0 radical (unpaired) electrons. The summed E-state index contributed by atoms with van der Waals surface area (Å²) in [6.07, 6.45) is 0. The van der Waals surface area contributed by atoms with Gasteiger partial charge in [0.05, 0.1) is 27.0 Å². The van der Waals surface area contributed by atoms with Gasteiger partial charge in [-0.2, -0.15) is 0 Å². The Bertz CT molecular complexity index is 1010. The van der Waals surface area contributed by atoms with Gasteiger partial charge < -0.3 is 24.3 Å². The molecule has 1 atom stereocenters. The number of methoxy groups -OCH3 is 3. The van der Waals surface area contributed by atoms with E-state index in [2.05, 4.69) is 5.32 Å². The Hall–Kier alpha value is -3.75. The van der Waals surface area contributed by atoms with Gasteiger partial charge in [-0.15, -0.1) is 0 Å². The molecule has 0 aromatic heterocycles. The van der Waals surface area contributed by atoms with Crippen molar-refractivity contribution in [1.29, 1.82) is 0 Å². The number of fused-ring (bicyclic) bond motifs is 1. The number of ketones is 1. The third-order valence-corrected chi connectivity index (χ3v) is 4.94. The van der Waals surface area contributed by atoms with E-state index in [4.69, 9.17) is 18.9 Å². The third kappa shape index (κ3) is 4.25. The highest BCUT2D eigenvalue weighted by Gasteiger charge is 2.33. The number of anilines is 2. The number of nitrogens with one attached hydrogen (secondary N) is 1. The molecule has 164 valence electrons. The van der Waals surface area contributed by atoms with Crippen molar-refractivity contribution < 1.29 is 33.3 Å². The SMILES string of the molecule is COc1cc(NC(=O)C(C)N2C(=O)COc3ccc(C(C)=O)cc32)cc(OC)c1OC. The maximum atomic E-state index is 13.0. The van der Waals surface area contributed by atoms with Gasteiger partial charge in [0, 0.05) is 23.4 Å². The molecule has 1 aliphatic rings. The lowest BCUT2D eigenvalue weighted by atomic mass is 10.1.